The quantitative estimate of drug-likeness (QED) is 0.403. The van der Waals surface area contributed by atoms with Crippen LogP contribution >= 0.6 is 0 Å². The molecule has 0 aliphatic heterocycles. The molecule has 3 aromatic rings. The third-order valence-corrected chi connectivity index (χ3v) is 3.90. The number of nitrogens with zero attached hydrogens (tertiary/aromatic N) is 4. The van der Waals surface area contributed by atoms with Crippen molar-refractivity contribution in [1.29, 1.82) is 0 Å². The lowest BCUT2D eigenvalue weighted by Crippen LogP contribution is -2.29. The van der Waals surface area contributed by atoms with Crippen molar-refractivity contribution in [2.75, 3.05) is 18.6 Å². The second-order valence-electron chi connectivity index (χ2n) is 5.67. The largest absolute Gasteiger partial charge is 0.494 e. The molecule has 1 aromatic carbocycles. The van der Waals surface area contributed by atoms with Gasteiger partial charge in [0.25, 0.3) is 5.56 Å². The van der Waals surface area contributed by atoms with Crippen molar-refractivity contribution in [2.24, 2.45) is 12.1 Å². The molecule has 0 spiro atoms. The third kappa shape index (κ3) is 3.75. The minimum Gasteiger partial charge on any atom is -0.494 e. The fourth-order valence-electron chi connectivity index (χ4n) is 2.62. The zero-order chi connectivity index (χ0) is 19.4. The van der Waals surface area contributed by atoms with Gasteiger partial charge in [-0.25, -0.2) is 10.2 Å². The van der Waals surface area contributed by atoms with Crippen molar-refractivity contribution in [3.63, 3.8) is 0 Å². The Morgan fingerprint density at radius 3 is 2.74 bits per heavy atom. The Morgan fingerprint density at radius 2 is 2.07 bits per heavy atom. The number of aromatic amines is 1. The number of aliphatic hydroxyl groups excluding tert-OH is 1. The molecule has 3 rings (SSSR count). The van der Waals surface area contributed by atoms with E-state index in [0.29, 0.717) is 6.61 Å². The van der Waals surface area contributed by atoms with E-state index >= 15 is 0 Å². The molecular weight excluding hydrogens is 352 g/mol. The van der Waals surface area contributed by atoms with E-state index in [9.17, 15) is 14.7 Å². The van der Waals surface area contributed by atoms with E-state index in [-0.39, 0.29) is 30.3 Å². The van der Waals surface area contributed by atoms with Gasteiger partial charge in [0.2, 0.25) is 5.95 Å². The number of anilines is 1. The molecule has 2 aromatic heterocycles. The molecule has 0 unspecified atom stereocenters. The summed E-state index contributed by atoms with van der Waals surface area (Å²) < 4.78 is 8.09. The normalized spacial score (nSPS) is 11.4. The van der Waals surface area contributed by atoms with Gasteiger partial charge in [-0.05, 0) is 36.8 Å². The summed E-state index contributed by atoms with van der Waals surface area (Å²) >= 11 is 0. The molecular formula is C17H20N6O4. The van der Waals surface area contributed by atoms with E-state index in [1.807, 2.05) is 31.2 Å². The summed E-state index contributed by atoms with van der Waals surface area (Å²) in [5.74, 6) is 1.01. The second kappa shape index (κ2) is 7.87. The van der Waals surface area contributed by atoms with E-state index in [1.165, 1.54) is 16.2 Å². The molecule has 0 saturated heterocycles. The van der Waals surface area contributed by atoms with E-state index in [0.717, 1.165) is 11.3 Å². The minimum absolute atomic E-state index is 0.124. The lowest BCUT2D eigenvalue weighted by Gasteiger charge is -2.05. The number of aliphatic hydroxyl groups is 1. The predicted octanol–water partition coefficient (Wildman–Crippen LogP) is 0.260. The molecule has 0 amide bonds. The molecule has 0 aliphatic rings. The summed E-state index contributed by atoms with van der Waals surface area (Å²) in [5.41, 5.74) is 2.85. The van der Waals surface area contributed by atoms with Crippen LogP contribution in [-0.4, -0.2) is 43.6 Å². The number of imidazole rings is 1. The smallest absolute Gasteiger partial charge is 0.329 e. The minimum atomic E-state index is -0.572. The summed E-state index contributed by atoms with van der Waals surface area (Å²) in [5, 5.41) is 13.4. The van der Waals surface area contributed by atoms with Crippen LogP contribution in [-0.2, 0) is 13.6 Å². The Morgan fingerprint density at radius 1 is 1.33 bits per heavy atom. The van der Waals surface area contributed by atoms with E-state index in [1.54, 1.807) is 6.21 Å². The fourth-order valence-corrected chi connectivity index (χ4v) is 2.62. The fraction of sp³-hybridized carbons (Fsp3) is 0.294. The van der Waals surface area contributed by atoms with E-state index in [2.05, 4.69) is 20.5 Å². The number of nitrogens with one attached hydrogen (secondary N) is 2. The Bertz CT molecular complexity index is 1080. The van der Waals surface area contributed by atoms with Crippen LogP contribution in [0.3, 0.4) is 0 Å². The SMILES string of the molecule is CCOc1ccc(C=NNc2nc3c(c(=O)[nH]c(=O)n3C)n2CCO)cc1. The number of ether oxygens (including phenoxy) is 1. The van der Waals surface area contributed by atoms with Crippen LogP contribution in [0.25, 0.3) is 11.2 Å². The molecule has 0 atom stereocenters. The maximum Gasteiger partial charge on any atom is 0.329 e. The van der Waals surface area contributed by atoms with Crippen molar-refractivity contribution in [1.82, 2.24) is 19.1 Å². The number of hydrogen-bond acceptors (Lipinski definition) is 7. The summed E-state index contributed by atoms with van der Waals surface area (Å²) in [4.78, 5) is 30.4. The molecule has 27 heavy (non-hydrogen) atoms. The summed E-state index contributed by atoms with van der Waals surface area (Å²) in [6.45, 7) is 2.43. The van der Waals surface area contributed by atoms with Crippen molar-refractivity contribution >= 4 is 23.3 Å². The van der Waals surface area contributed by atoms with Gasteiger partial charge < -0.3 is 14.4 Å². The van der Waals surface area contributed by atoms with Gasteiger partial charge in [-0.15, -0.1) is 0 Å². The zero-order valence-corrected chi connectivity index (χ0v) is 15.0. The molecule has 142 valence electrons. The summed E-state index contributed by atoms with van der Waals surface area (Å²) in [6, 6.07) is 7.37. The first-order valence-corrected chi connectivity index (χ1v) is 8.37. The van der Waals surface area contributed by atoms with Gasteiger partial charge in [-0.3, -0.25) is 14.3 Å². The lowest BCUT2D eigenvalue weighted by molar-refractivity contribution is 0.278. The van der Waals surface area contributed by atoms with Crippen LogP contribution in [0.2, 0.25) is 0 Å². The van der Waals surface area contributed by atoms with Gasteiger partial charge >= 0.3 is 5.69 Å². The van der Waals surface area contributed by atoms with Crippen molar-refractivity contribution in [3.8, 4) is 5.75 Å². The van der Waals surface area contributed by atoms with Crippen molar-refractivity contribution in [2.45, 2.75) is 13.5 Å². The van der Waals surface area contributed by atoms with Crippen molar-refractivity contribution in [3.05, 3.63) is 50.7 Å². The Labute approximate surface area is 153 Å². The van der Waals surface area contributed by atoms with Crippen LogP contribution in [0.5, 0.6) is 5.75 Å². The first kappa shape index (κ1) is 18.4. The Hall–Kier alpha value is -3.40. The lowest BCUT2D eigenvalue weighted by atomic mass is 10.2. The van der Waals surface area contributed by atoms with Gasteiger partial charge in [0.1, 0.15) is 5.75 Å². The molecule has 10 heteroatoms. The molecule has 2 heterocycles. The number of benzene rings is 1. The second-order valence-corrected chi connectivity index (χ2v) is 5.67. The van der Waals surface area contributed by atoms with Crippen LogP contribution in [0.1, 0.15) is 12.5 Å². The van der Waals surface area contributed by atoms with Crippen LogP contribution in [0.15, 0.2) is 39.0 Å². The average molecular weight is 372 g/mol. The highest BCUT2D eigenvalue weighted by atomic mass is 16.5. The van der Waals surface area contributed by atoms with Crippen LogP contribution < -0.4 is 21.4 Å². The van der Waals surface area contributed by atoms with E-state index < -0.39 is 11.2 Å². The van der Waals surface area contributed by atoms with Gasteiger partial charge in [-0.2, -0.15) is 10.1 Å². The number of H-pyrrole nitrogens is 1. The maximum absolute atomic E-state index is 12.2. The number of aryl methyl sites for hydroxylation is 1. The van der Waals surface area contributed by atoms with Gasteiger partial charge in [0.05, 0.1) is 19.4 Å². The zero-order valence-electron chi connectivity index (χ0n) is 15.0. The van der Waals surface area contributed by atoms with Gasteiger partial charge in [0, 0.05) is 13.6 Å². The molecule has 0 saturated carbocycles. The van der Waals surface area contributed by atoms with Crippen molar-refractivity contribution < 1.29 is 9.84 Å². The summed E-state index contributed by atoms with van der Waals surface area (Å²) in [6.07, 6.45) is 1.58. The van der Waals surface area contributed by atoms with Crippen LogP contribution in [0.4, 0.5) is 5.95 Å². The van der Waals surface area contributed by atoms with E-state index in [4.69, 9.17) is 4.74 Å². The number of hydrogen-bond donors (Lipinski definition) is 3. The third-order valence-electron chi connectivity index (χ3n) is 3.90. The number of fused-ring (bicyclic) bond motifs is 1. The predicted molar refractivity (Wildman–Crippen MR) is 102 cm³/mol. The first-order chi connectivity index (χ1) is 13.0. The average Bonchev–Trinajstić information content (AvgIpc) is 3.01. The highest BCUT2D eigenvalue weighted by Crippen LogP contribution is 2.15. The van der Waals surface area contributed by atoms with Gasteiger partial charge in [-0.1, -0.05) is 0 Å². The summed E-state index contributed by atoms with van der Waals surface area (Å²) in [7, 11) is 1.50. The molecule has 0 aliphatic carbocycles. The molecule has 0 bridgehead atoms. The monoisotopic (exact) mass is 372 g/mol. The maximum atomic E-state index is 12.2. The standard InChI is InChI=1S/C17H20N6O4/c1-3-27-12-6-4-11(5-7-12)10-18-21-16-19-14-13(23(16)8-9-24)15(25)20-17(26)22(14)2/h4-7,10,24H,3,8-9H2,1-2H3,(H,19,21)(H,20,25,26). The molecule has 0 radical (unpaired) electrons. The Kier molecular flexibility index (Phi) is 5.36. The van der Waals surface area contributed by atoms with Crippen LogP contribution in [0, 0.1) is 0 Å². The number of aromatic nitrogens is 4. The number of rotatable bonds is 7. The highest BCUT2D eigenvalue weighted by molar-refractivity contribution is 5.80. The number of hydrazone groups is 1. The highest BCUT2D eigenvalue weighted by Gasteiger charge is 2.16. The molecule has 0 fully saturated rings. The van der Waals surface area contributed by atoms with Gasteiger partial charge in [0.15, 0.2) is 11.2 Å². The molecule has 10 nitrogen and oxygen atoms in total. The first-order valence-electron chi connectivity index (χ1n) is 8.37. The Balaban J connectivity index is 1.91. The molecule has 3 N–H and O–H groups in total. The topological polar surface area (TPSA) is 127 Å².